The fourth-order valence-corrected chi connectivity index (χ4v) is 2.17. The van der Waals surface area contributed by atoms with E-state index in [0.717, 1.165) is 31.2 Å². The zero-order valence-corrected chi connectivity index (χ0v) is 9.96. The molecule has 0 radical (unpaired) electrons. The van der Waals surface area contributed by atoms with E-state index in [1.807, 2.05) is 19.2 Å². The van der Waals surface area contributed by atoms with Crippen molar-refractivity contribution in [1.29, 1.82) is 0 Å². The molecule has 4 heteroatoms. The molecule has 0 aliphatic carbocycles. The Morgan fingerprint density at radius 3 is 3.00 bits per heavy atom. The predicted molar refractivity (Wildman–Crippen MR) is 62.4 cm³/mol. The summed E-state index contributed by atoms with van der Waals surface area (Å²) < 4.78 is 0. The summed E-state index contributed by atoms with van der Waals surface area (Å²) in [5, 5.41) is 0. The third-order valence-corrected chi connectivity index (χ3v) is 3.61. The van der Waals surface area contributed by atoms with E-state index in [-0.39, 0.29) is 5.41 Å². The third-order valence-electron chi connectivity index (χ3n) is 2.97. The van der Waals surface area contributed by atoms with Crippen LogP contribution in [0.15, 0.2) is 12.3 Å². The van der Waals surface area contributed by atoms with E-state index in [4.69, 9.17) is 11.6 Å². The maximum atomic E-state index is 5.97. The van der Waals surface area contributed by atoms with Gasteiger partial charge in [0.25, 0.3) is 0 Å². The summed E-state index contributed by atoms with van der Waals surface area (Å²) in [6, 6.07) is 1.97. The number of anilines is 1. The summed E-state index contributed by atoms with van der Waals surface area (Å²) in [4.78, 5) is 10.8. The van der Waals surface area contributed by atoms with Crippen molar-refractivity contribution in [3.63, 3.8) is 0 Å². The number of hydrogen-bond donors (Lipinski definition) is 0. The predicted octanol–water partition coefficient (Wildman–Crippen LogP) is 2.24. The van der Waals surface area contributed by atoms with Crippen LogP contribution in [0, 0.1) is 12.3 Å². The number of hydrogen-bond acceptors (Lipinski definition) is 3. The standard InChI is InChI=1S/C11H16ClN3/c1-9-13-5-3-10(14-9)15-6-4-11(2,7-12)8-15/h3,5H,4,6-8H2,1-2H3. The number of alkyl halides is 1. The molecule has 2 rings (SSSR count). The molecule has 15 heavy (non-hydrogen) atoms. The fourth-order valence-electron chi connectivity index (χ4n) is 1.95. The van der Waals surface area contributed by atoms with E-state index in [9.17, 15) is 0 Å². The van der Waals surface area contributed by atoms with E-state index in [2.05, 4.69) is 21.8 Å². The fraction of sp³-hybridized carbons (Fsp3) is 0.636. The number of aryl methyl sites for hydroxylation is 1. The first-order valence-corrected chi connectivity index (χ1v) is 5.77. The van der Waals surface area contributed by atoms with Crippen LogP contribution < -0.4 is 4.90 Å². The van der Waals surface area contributed by atoms with Gasteiger partial charge in [-0.3, -0.25) is 0 Å². The molecule has 0 saturated carbocycles. The molecule has 1 unspecified atom stereocenters. The molecular formula is C11H16ClN3. The number of rotatable bonds is 2. The summed E-state index contributed by atoms with van der Waals surface area (Å²) in [6.07, 6.45) is 2.95. The van der Waals surface area contributed by atoms with Crippen LogP contribution in [0.4, 0.5) is 5.82 Å². The van der Waals surface area contributed by atoms with Crippen LogP contribution in [0.2, 0.25) is 0 Å². The van der Waals surface area contributed by atoms with Crippen LogP contribution in [0.1, 0.15) is 19.2 Å². The van der Waals surface area contributed by atoms with Gasteiger partial charge in [0.15, 0.2) is 0 Å². The van der Waals surface area contributed by atoms with Gasteiger partial charge in [0.1, 0.15) is 11.6 Å². The first-order valence-electron chi connectivity index (χ1n) is 5.24. The smallest absolute Gasteiger partial charge is 0.132 e. The molecule has 0 aromatic carbocycles. The summed E-state index contributed by atoms with van der Waals surface area (Å²) in [5.41, 5.74) is 0.237. The molecule has 1 fully saturated rings. The molecule has 1 atom stereocenters. The highest BCUT2D eigenvalue weighted by Crippen LogP contribution is 2.33. The minimum Gasteiger partial charge on any atom is -0.356 e. The summed E-state index contributed by atoms with van der Waals surface area (Å²) in [6.45, 7) is 6.18. The van der Waals surface area contributed by atoms with Crippen molar-refractivity contribution in [3.05, 3.63) is 18.1 Å². The molecule has 0 bridgehead atoms. The van der Waals surface area contributed by atoms with Gasteiger partial charge in [-0.1, -0.05) is 6.92 Å². The lowest BCUT2D eigenvalue weighted by molar-refractivity contribution is 0.425. The van der Waals surface area contributed by atoms with E-state index in [1.165, 1.54) is 0 Å². The normalized spacial score (nSPS) is 25.9. The topological polar surface area (TPSA) is 29.0 Å². The van der Waals surface area contributed by atoms with Gasteiger partial charge in [0.05, 0.1) is 0 Å². The quantitative estimate of drug-likeness (QED) is 0.723. The second kappa shape index (κ2) is 3.97. The summed E-state index contributed by atoms with van der Waals surface area (Å²) >= 11 is 5.97. The second-order valence-corrected chi connectivity index (χ2v) is 4.85. The average molecular weight is 226 g/mol. The molecule has 3 nitrogen and oxygen atoms in total. The van der Waals surface area contributed by atoms with Crippen molar-refractivity contribution in [1.82, 2.24) is 9.97 Å². The first kappa shape index (κ1) is 10.7. The molecule has 0 N–H and O–H groups in total. The van der Waals surface area contributed by atoms with Crippen LogP contribution in [0.25, 0.3) is 0 Å². The van der Waals surface area contributed by atoms with Gasteiger partial charge in [0.2, 0.25) is 0 Å². The number of halogens is 1. The van der Waals surface area contributed by atoms with Gasteiger partial charge in [-0.25, -0.2) is 9.97 Å². The molecule has 0 amide bonds. The van der Waals surface area contributed by atoms with Gasteiger partial charge < -0.3 is 4.90 Å². The monoisotopic (exact) mass is 225 g/mol. The average Bonchev–Trinajstić information content (AvgIpc) is 2.62. The molecule has 1 aromatic heterocycles. The Balaban J connectivity index is 2.14. The van der Waals surface area contributed by atoms with Crippen LogP contribution in [-0.4, -0.2) is 28.9 Å². The SMILES string of the molecule is Cc1nccc(N2CCC(C)(CCl)C2)n1. The minimum atomic E-state index is 0.237. The van der Waals surface area contributed by atoms with Crippen LogP contribution >= 0.6 is 11.6 Å². The van der Waals surface area contributed by atoms with E-state index in [0.29, 0.717) is 5.88 Å². The van der Waals surface area contributed by atoms with Gasteiger partial charge in [-0.15, -0.1) is 11.6 Å². The molecular weight excluding hydrogens is 210 g/mol. The lowest BCUT2D eigenvalue weighted by atomic mass is 9.93. The largest absolute Gasteiger partial charge is 0.356 e. The lowest BCUT2D eigenvalue weighted by Crippen LogP contribution is -2.26. The van der Waals surface area contributed by atoms with Gasteiger partial charge >= 0.3 is 0 Å². The van der Waals surface area contributed by atoms with Crippen LogP contribution in [-0.2, 0) is 0 Å². The van der Waals surface area contributed by atoms with Crippen LogP contribution in [0.3, 0.4) is 0 Å². The van der Waals surface area contributed by atoms with Crippen molar-refractivity contribution in [2.24, 2.45) is 5.41 Å². The molecule has 82 valence electrons. The Hall–Kier alpha value is -0.830. The lowest BCUT2D eigenvalue weighted by Gasteiger charge is -2.22. The maximum Gasteiger partial charge on any atom is 0.132 e. The highest BCUT2D eigenvalue weighted by atomic mass is 35.5. The molecule has 2 heterocycles. The molecule has 1 saturated heterocycles. The van der Waals surface area contributed by atoms with Crippen molar-refractivity contribution in [3.8, 4) is 0 Å². The molecule has 1 aliphatic heterocycles. The Kier molecular flexibility index (Phi) is 2.83. The van der Waals surface area contributed by atoms with E-state index < -0.39 is 0 Å². The van der Waals surface area contributed by atoms with Gasteiger partial charge in [-0.05, 0) is 19.4 Å². The maximum absolute atomic E-state index is 5.97. The number of nitrogens with zero attached hydrogens (tertiary/aromatic N) is 3. The van der Waals surface area contributed by atoms with Crippen molar-refractivity contribution in [2.75, 3.05) is 23.9 Å². The molecule has 0 spiro atoms. The van der Waals surface area contributed by atoms with Gasteiger partial charge in [-0.2, -0.15) is 0 Å². The number of aromatic nitrogens is 2. The van der Waals surface area contributed by atoms with Crippen molar-refractivity contribution >= 4 is 17.4 Å². The van der Waals surface area contributed by atoms with E-state index >= 15 is 0 Å². The summed E-state index contributed by atoms with van der Waals surface area (Å²) in [7, 11) is 0. The third kappa shape index (κ3) is 2.23. The minimum absolute atomic E-state index is 0.237. The molecule has 1 aromatic rings. The molecule has 1 aliphatic rings. The summed E-state index contributed by atoms with van der Waals surface area (Å²) in [5.74, 6) is 2.57. The van der Waals surface area contributed by atoms with Crippen molar-refractivity contribution < 1.29 is 0 Å². The van der Waals surface area contributed by atoms with Gasteiger partial charge in [0, 0.05) is 30.6 Å². The highest BCUT2D eigenvalue weighted by molar-refractivity contribution is 6.18. The Bertz CT molecular complexity index is 355. The Morgan fingerprint density at radius 1 is 1.60 bits per heavy atom. The zero-order valence-electron chi connectivity index (χ0n) is 9.20. The highest BCUT2D eigenvalue weighted by Gasteiger charge is 2.33. The Labute approximate surface area is 95.5 Å². The second-order valence-electron chi connectivity index (χ2n) is 4.58. The Morgan fingerprint density at radius 2 is 2.40 bits per heavy atom. The zero-order chi connectivity index (χ0) is 10.9. The van der Waals surface area contributed by atoms with Crippen LogP contribution in [0.5, 0.6) is 0 Å². The van der Waals surface area contributed by atoms with E-state index in [1.54, 1.807) is 0 Å². The first-order chi connectivity index (χ1) is 7.13. The van der Waals surface area contributed by atoms with Crippen molar-refractivity contribution in [2.45, 2.75) is 20.3 Å².